The van der Waals surface area contributed by atoms with E-state index < -0.39 is 0 Å². The summed E-state index contributed by atoms with van der Waals surface area (Å²) in [5.41, 5.74) is 0. The van der Waals surface area contributed by atoms with Crippen LogP contribution in [0, 0.1) is 6.07 Å². The first-order valence-corrected chi connectivity index (χ1v) is 2.74. The lowest BCUT2D eigenvalue weighted by molar-refractivity contribution is -0.114. The summed E-state index contributed by atoms with van der Waals surface area (Å²) in [4.78, 5) is 17.8. The Morgan fingerprint density at radius 1 is 1.80 bits per heavy atom. The van der Waals surface area contributed by atoms with Crippen LogP contribution in [0.1, 0.15) is 6.92 Å². The van der Waals surface area contributed by atoms with Gasteiger partial charge in [0.2, 0.25) is 5.91 Å². The van der Waals surface area contributed by atoms with E-state index in [4.69, 9.17) is 0 Å². The number of aromatic nitrogens is 2. The Labute approximate surface area is 58.3 Å². The zero-order valence-electron chi connectivity index (χ0n) is 5.46. The minimum Gasteiger partial charge on any atom is -0.310 e. The number of hydrogen-bond donors (Lipinski definition) is 1. The monoisotopic (exact) mass is 136 g/mol. The largest absolute Gasteiger partial charge is 0.310 e. The quantitative estimate of drug-likeness (QED) is 0.601. The van der Waals surface area contributed by atoms with Gasteiger partial charge in [0.05, 0.1) is 0 Å². The standard InChI is InChI=1S/C6H6N3O/c1-5(10)9-6-2-3-7-4-8-6/h3-4H,1H3,(H,7,8,9,10). The van der Waals surface area contributed by atoms with E-state index >= 15 is 0 Å². The van der Waals surface area contributed by atoms with Crippen LogP contribution in [0.5, 0.6) is 0 Å². The van der Waals surface area contributed by atoms with Crippen LogP contribution in [0.3, 0.4) is 0 Å². The van der Waals surface area contributed by atoms with Crippen LogP contribution in [0.15, 0.2) is 12.5 Å². The van der Waals surface area contributed by atoms with Gasteiger partial charge in [-0.2, -0.15) is 0 Å². The van der Waals surface area contributed by atoms with E-state index in [0.717, 1.165) is 0 Å². The van der Waals surface area contributed by atoms with Crippen molar-refractivity contribution in [3.05, 3.63) is 18.6 Å². The predicted octanol–water partition coefficient (Wildman–Crippen LogP) is 0.235. The molecular formula is C6H6N3O. The van der Waals surface area contributed by atoms with Gasteiger partial charge in [0.25, 0.3) is 0 Å². The van der Waals surface area contributed by atoms with Crippen molar-refractivity contribution in [1.29, 1.82) is 0 Å². The van der Waals surface area contributed by atoms with E-state index in [1.54, 1.807) is 0 Å². The molecule has 51 valence electrons. The molecule has 4 heteroatoms. The molecule has 1 aromatic rings. The molecule has 0 fully saturated rings. The minimum absolute atomic E-state index is 0.157. The average molecular weight is 136 g/mol. The summed E-state index contributed by atoms with van der Waals surface area (Å²) in [5, 5.41) is 2.46. The fraction of sp³-hybridized carbons (Fsp3) is 0.167. The highest BCUT2D eigenvalue weighted by atomic mass is 16.1. The molecule has 1 amide bonds. The Kier molecular flexibility index (Phi) is 1.94. The lowest BCUT2D eigenvalue weighted by Crippen LogP contribution is -2.07. The van der Waals surface area contributed by atoms with Crippen molar-refractivity contribution in [2.45, 2.75) is 6.92 Å². The Morgan fingerprint density at radius 2 is 2.60 bits per heavy atom. The van der Waals surface area contributed by atoms with Gasteiger partial charge in [0.1, 0.15) is 12.1 Å². The molecule has 0 saturated heterocycles. The maximum atomic E-state index is 10.4. The number of amides is 1. The van der Waals surface area contributed by atoms with Gasteiger partial charge in [-0.3, -0.25) is 4.79 Å². The van der Waals surface area contributed by atoms with E-state index in [9.17, 15) is 4.79 Å². The van der Waals surface area contributed by atoms with Gasteiger partial charge in [0, 0.05) is 19.2 Å². The summed E-state index contributed by atoms with van der Waals surface area (Å²) in [6.07, 6.45) is 2.79. The van der Waals surface area contributed by atoms with E-state index in [1.165, 1.54) is 19.4 Å². The second-order valence-corrected chi connectivity index (χ2v) is 1.70. The highest BCUT2D eigenvalue weighted by Gasteiger charge is 1.92. The van der Waals surface area contributed by atoms with Gasteiger partial charge in [-0.05, 0) is 0 Å². The lowest BCUT2D eigenvalue weighted by atomic mass is 10.5. The fourth-order valence-corrected chi connectivity index (χ4v) is 0.495. The highest BCUT2D eigenvalue weighted by molar-refractivity contribution is 5.87. The van der Waals surface area contributed by atoms with Crippen molar-refractivity contribution in [3.8, 4) is 0 Å². The van der Waals surface area contributed by atoms with E-state index in [-0.39, 0.29) is 5.91 Å². The molecule has 1 radical (unpaired) electrons. The smallest absolute Gasteiger partial charge is 0.222 e. The van der Waals surface area contributed by atoms with Crippen LogP contribution < -0.4 is 5.32 Å². The fourth-order valence-electron chi connectivity index (χ4n) is 0.495. The molecule has 0 aromatic carbocycles. The number of anilines is 1. The van der Waals surface area contributed by atoms with Crippen molar-refractivity contribution < 1.29 is 4.79 Å². The third-order valence-electron chi connectivity index (χ3n) is 0.824. The molecule has 1 aromatic heterocycles. The molecule has 0 saturated carbocycles. The molecule has 1 rings (SSSR count). The van der Waals surface area contributed by atoms with E-state index in [0.29, 0.717) is 5.82 Å². The molecule has 0 atom stereocenters. The van der Waals surface area contributed by atoms with Crippen molar-refractivity contribution in [2.24, 2.45) is 0 Å². The predicted molar refractivity (Wildman–Crippen MR) is 35.2 cm³/mol. The minimum atomic E-state index is -0.157. The average Bonchev–Trinajstić information content (AvgIpc) is 1.88. The molecule has 1 N–H and O–H groups in total. The number of nitrogens with zero attached hydrogens (tertiary/aromatic N) is 2. The zero-order chi connectivity index (χ0) is 7.40. The van der Waals surface area contributed by atoms with Crippen LogP contribution in [0.2, 0.25) is 0 Å². The maximum Gasteiger partial charge on any atom is 0.222 e. The normalized spacial score (nSPS) is 8.90. The number of carbonyl (C=O) groups excluding carboxylic acids is 1. The van der Waals surface area contributed by atoms with Crippen LogP contribution in [0.4, 0.5) is 5.82 Å². The molecule has 0 spiro atoms. The molecular weight excluding hydrogens is 130 g/mol. The molecule has 0 aliphatic rings. The van der Waals surface area contributed by atoms with Gasteiger partial charge in [-0.1, -0.05) is 0 Å². The summed E-state index contributed by atoms with van der Waals surface area (Å²) >= 11 is 0. The Balaban J connectivity index is 2.67. The van der Waals surface area contributed by atoms with Crippen molar-refractivity contribution in [2.75, 3.05) is 5.32 Å². The Hall–Kier alpha value is -1.45. The SMILES string of the molecule is CC(=O)Nc1[c]cncn1. The summed E-state index contributed by atoms with van der Waals surface area (Å²) in [7, 11) is 0. The van der Waals surface area contributed by atoms with Crippen molar-refractivity contribution in [3.63, 3.8) is 0 Å². The summed E-state index contributed by atoms with van der Waals surface area (Å²) in [6.45, 7) is 1.41. The molecule has 10 heavy (non-hydrogen) atoms. The van der Waals surface area contributed by atoms with Crippen LogP contribution in [-0.4, -0.2) is 15.9 Å². The van der Waals surface area contributed by atoms with Crippen molar-refractivity contribution >= 4 is 11.7 Å². The summed E-state index contributed by atoms with van der Waals surface area (Å²) in [5.74, 6) is 0.248. The summed E-state index contributed by atoms with van der Waals surface area (Å²) < 4.78 is 0. The number of rotatable bonds is 1. The van der Waals surface area contributed by atoms with E-state index in [2.05, 4.69) is 21.4 Å². The van der Waals surface area contributed by atoms with E-state index in [1.807, 2.05) is 0 Å². The van der Waals surface area contributed by atoms with Gasteiger partial charge in [0.15, 0.2) is 0 Å². The molecule has 0 unspecified atom stereocenters. The second kappa shape index (κ2) is 2.91. The third-order valence-corrected chi connectivity index (χ3v) is 0.824. The first-order chi connectivity index (χ1) is 4.79. The topological polar surface area (TPSA) is 54.9 Å². The number of nitrogens with one attached hydrogen (secondary N) is 1. The Bertz CT molecular complexity index is 222. The van der Waals surface area contributed by atoms with Crippen LogP contribution in [-0.2, 0) is 4.79 Å². The summed E-state index contributed by atoms with van der Waals surface area (Å²) in [6, 6.07) is 2.65. The van der Waals surface area contributed by atoms with Crippen LogP contribution in [0.25, 0.3) is 0 Å². The van der Waals surface area contributed by atoms with Gasteiger partial charge in [-0.25, -0.2) is 9.97 Å². The molecule has 0 bridgehead atoms. The third kappa shape index (κ3) is 1.81. The lowest BCUT2D eigenvalue weighted by Gasteiger charge is -1.95. The van der Waals surface area contributed by atoms with Gasteiger partial charge >= 0.3 is 0 Å². The highest BCUT2D eigenvalue weighted by Crippen LogP contribution is 1.94. The second-order valence-electron chi connectivity index (χ2n) is 1.70. The first-order valence-electron chi connectivity index (χ1n) is 2.74. The number of hydrogen-bond acceptors (Lipinski definition) is 3. The molecule has 4 nitrogen and oxygen atoms in total. The zero-order valence-corrected chi connectivity index (χ0v) is 5.46. The molecule has 1 heterocycles. The van der Waals surface area contributed by atoms with Gasteiger partial charge < -0.3 is 5.32 Å². The van der Waals surface area contributed by atoms with Gasteiger partial charge in [-0.15, -0.1) is 0 Å². The maximum absolute atomic E-state index is 10.4. The first kappa shape index (κ1) is 6.67. The molecule has 0 aliphatic heterocycles. The van der Waals surface area contributed by atoms with Crippen molar-refractivity contribution in [1.82, 2.24) is 9.97 Å². The molecule has 0 aliphatic carbocycles. The van der Waals surface area contributed by atoms with Crippen LogP contribution >= 0.6 is 0 Å². The number of carbonyl (C=O) groups is 1. The Morgan fingerprint density at radius 3 is 3.10 bits per heavy atom.